The third kappa shape index (κ3) is 1.89. The molecule has 2 bridgehead atoms. The van der Waals surface area contributed by atoms with Crippen molar-refractivity contribution in [1.82, 2.24) is 0 Å². The highest BCUT2D eigenvalue weighted by atomic mass is 35.5. The molecule has 3 nitrogen and oxygen atoms in total. The molecule has 0 saturated carbocycles. The van der Waals surface area contributed by atoms with Crippen LogP contribution in [0.3, 0.4) is 0 Å². The molecule has 1 fully saturated rings. The van der Waals surface area contributed by atoms with Crippen LogP contribution in [0.1, 0.15) is 27.8 Å². The molecule has 0 radical (unpaired) electrons. The van der Waals surface area contributed by atoms with Crippen molar-refractivity contribution in [2.75, 3.05) is 4.90 Å². The number of alkyl halides is 2. The van der Waals surface area contributed by atoms with Crippen LogP contribution in [0.25, 0.3) is 0 Å². The van der Waals surface area contributed by atoms with Gasteiger partial charge in [0.05, 0.1) is 17.5 Å². The number of nitrogens with zero attached hydrogens (tertiary/aromatic N) is 1. The summed E-state index contributed by atoms with van der Waals surface area (Å²) in [5, 5.41) is 0. The predicted octanol–water partition coefficient (Wildman–Crippen LogP) is 5.09. The second-order valence-corrected chi connectivity index (χ2v) is 9.51. The average molecular weight is 434 g/mol. The number of anilines is 1. The van der Waals surface area contributed by atoms with E-state index in [4.69, 9.17) is 23.2 Å². The number of carbonyl (C=O) groups excluding carboxylic acids is 2. The summed E-state index contributed by atoms with van der Waals surface area (Å²) >= 11 is 14.8. The Morgan fingerprint density at radius 3 is 1.53 bits per heavy atom. The third-order valence-corrected chi connectivity index (χ3v) is 8.13. The van der Waals surface area contributed by atoms with Crippen molar-refractivity contribution in [1.29, 1.82) is 0 Å². The van der Waals surface area contributed by atoms with E-state index in [1.165, 1.54) is 4.90 Å². The van der Waals surface area contributed by atoms with E-state index >= 15 is 0 Å². The van der Waals surface area contributed by atoms with E-state index in [0.29, 0.717) is 5.69 Å². The molecule has 3 aromatic carbocycles. The first kappa shape index (κ1) is 18.2. The molecule has 148 valence electrons. The number of hydrogen-bond donors (Lipinski definition) is 0. The summed E-state index contributed by atoms with van der Waals surface area (Å²) in [5.74, 6) is -2.12. The summed E-state index contributed by atoms with van der Waals surface area (Å²) in [4.78, 5) is 26.6. The van der Waals surface area contributed by atoms with Gasteiger partial charge < -0.3 is 0 Å². The zero-order valence-electron chi connectivity index (χ0n) is 16.1. The molecule has 3 aliphatic carbocycles. The Morgan fingerprint density at radius 1 is 0.700 bits per heavy atom. The first-order valence-electron chi connectivity index (χ1n) is 9.92. The SMILES string of the molecule is Cc1cccc(N2C(=O)[C@H]3[C@H](C2=O)C2(Cl)c4ccccc4C3(Cl)c3ccccc32)c1. The Balaban J connectivity index is 1.67. The minimum absolute atomic E-state index is 0.292. The van der Waals surface area contributed by atoms with Gasteiger partial charge in [0.25, 0.3) is 0 Å². The highest BCUT2D eigenvalue weighted by Crippen LogP contribution is 2.69. The summed E-state index contributed by atoms with van der Waals surface area (Å²) in [6.45, 7) is 1.93. The number of rotatable bonds is 1. The fraction of sp³-hybridized carbons (Fsp3) is 0.200. The van der Waals surface area contributed by atoms with E-state index in [2.05, 4.69) is 0 Å². The van der Waals surface area contributed by atoms with E-state index in [1.54, 1.807) is 6.07 Å². The normalized spacial score (nSPS) is 30.8. The van der Waals surface area contributed by atoms with E-state index in [0.717, 1.165) is 27.8 Å². The van der Waals surface area contributed by atoms with Crippen LogP contribution in [-0.4, -0.2) is 11.8 Å². The molecule has 5 heteroatoms. The number of imide groups is 1. The lowest BCUT2D eigenvalue weighted by Gasteiger charge is -2.54. The maximum atomic E-state index is 13.8. The molecular formula is C25H17Cl2NO2. The lowest BCUT2D eigenvalue weighted by Crippen LogP contribution is -2.57. The second kappa shape index (κ2) is 5.75. The largest absolute Gasteiger partial charge is 0.274 e. The van der Waals surface area contributed by atoms with E-state index in [9.17, 15) is 9.59 Å². The summed E-state index contributed by atoms with van der Waals surface area (Å²) in [5.41, 5.74) is 4.79. The van der Waals surface area contributed by atoms with Crippen LogP contribution < -0.4 is 4.90 Å². The van der Waals surface area contributed by atoms with Gasteiger partial charge in [0.1, 0.15) is 9.75 Å². The maximum Gasteiger partial charge on any atom is 0.240 e. The molecule has 1 saturated heterocycles. The van der Waals surface area contributed by atoms with Gasteiger partial charge in [0.2, 0.25) is 11.8 Å². The van der Waals surface area contributed by atoms with Gasteiger partial charge in [-0.15, -0.1) is 23.2 Å². The number of amides is 2. The molecule has 0 unspecified atom stereocenters. The van der Waals surface area contributed by atoms with Crippen LogP contribution in [0.4, 0.5) is 5.69 Å². The Kier molecular flexibility index (Phi) is 3.48. The summed E-state index contributed by atoms with van der Waals surface area (Å²) in [6.07, 6.45) is 0. The van der Waals surface area contributed by atoms with Crippen LogP contribution in [0, 0.1) is 18.8 Å². The van der Waals surface area contributed by atoms with Gasteiger partial charge in [0, 0.05) is 0 Å². The van der Waals surface area contributed by atoms with Crippen molar-refractivity contribution < 1.29 is 9.59 Å². The number of halogens is 2. The minimum Gasteiger partial charge on any atom is -0.274 e. The lowest BCUT2D eigenvalue weighted by atomic mass is 9.54. The van der Waals surface area contributed by atoms with E-state index < -0.39 is 21.6 Å². The van der Waals surface area contributed by atoms with E-state index in [-0.39, 0.29) is 11.8 Å². The number of hydrogen-bond acceptors (Lipinski definition) is 2. The summed E-state index contributed by atoms with van der Waals surface area (Å²) < 4.78 is 0. The quantitative estimate of drug-likeness (QED) is 0.395. The van der Waals surface area contributed by atoms with Crippen molar-refractivity contribution >= 4 is 40.7 Å². The van der Waals surface area contributed by atoms with Crippen molar-refractivity contribution in [3.05, 3.63) is 101 Å². The zero-order chi connectivity index (χ0) is 20.8. The third-order valence-electron chi connectivity index (χ3n) is 6.85. The standard InChI is InChI=1S/C25H17Cl2NO2/c1-14-7-6-8-15(13-14)28-22(29)20-21(23(28)30)25(27)17-10-3-2-9-16(17)24(20,26)18-11-4-5-12-19(18)25/h2-13,20-21H,1H3/t20-,21-,24?,25?/m1/s1. The van der Waals surface area contributed by atoms with Gasteiger partial charge in [-0.1, -0.05) is 60.7 Å². The van der Waals surface area contributed by atoms with Crippen molar-refractivity contribution in [3.8, 4) is 0 Å². The Morgan fingerprint density at radius 2 is 1.13 bits per heavy atom. The van der Waals surface area contributed by atoms with Crippen LogP contribution >= 0.6 is 23.2 Å². The topological polar surface area (TPSA) is 37.4 Å². The van der Waals surface area contributed by atoms with Crippen LogP contribution in [-0.2, 0) is 19.3 Å². The molecule has 2 amide bonds. The predicted molar refractivity (Wildman–Crippen MR) is 117 cm³/mol. The molecule has 0 N–H and O–H groups in total. The minimum atomic E-state index is -1.14. The molecule has 1 heterocycles. The number of aryl methyl sites for hydroxylation is 1. The van der Waals surface area contributed by atoms with Crippen LogP contribution in [0.2, 0.25) is 0 Å². The Labute approximate surface area is 184 Å². The first-order chi connectivity index (χ1) is 14.4. The molecule has 0 spiro atoms. The highest BCUT2D eigenvalue weighted by Gasteiger charge is 2.73. The van der Waals surface area contributed by atoms with Gasteiger partial charge in [0.15, 0.2) is 0 Å². The molecule has 3 aromatic rings. The zero-order valence-corrected chi connectivity index (χ0v) is 17.6. The maximum absolute atomic E-state index is 13.8. The average Bonchev–Trinajstić information content (AvgIpc) is 3.03. The van der Waals surface area contributed by atoms with Gasteiger partial charge >= 0.3 is 0 Å². The highest BCUT2D eigenvalue weighted by molar-refractivity contribution is 6.38. The molecule has 7 rings (SSSR count). The lowest BCUT2D eigenvalue weighted by molar-refractivity contribution is -0.122. The van der Waals surface area contributed by atoms with Gasteiger partial charge in [-0.25, -0.2) is 4.90 Å². The molecular weight excluding hydrogens is 417 g/mol. The first-order valence-corrected chi connectivity index (χ1v) is 10.7. The molecule has 30 heavy (non-hydrogen) atoms. The van der Waals surface area contributed by atoms with Crippen LogP contribution in [0.5, 0.6) is 0 Å². The van der Waals surface area contributed by atoms with Gasteiger partial charge in [-0.2, -0.15) is 0 Å². The monoisotopic (exact) mass is 433 g/mol. The molecule has 2 atom stereocenters. The number of carbonyl (C=O) groups is 2. The van der Waals surface area contributed by atoms with Gasteiger partial charge in [-0.3, -0.25) is 9.59 Å². The molecule has 1 aliphatic heterocycles. The van der Waals surface area contributed by atoms with E-state index in [1.807, 2.05) is 73.7 Å². The van der Waals surface area contributed by atoms with Crippen molar-refractivity contribution in [2.45, 2.75) is 16.7 Å². The summed E-state index contributed by atoms with van der Waals surface area (Å²) in [7, 11) is 0. The fourth-order valence-electron chi connectivity index (χ4n) is 5.69. The fourth-order valence-corrected chi connectivity index (χ4v) is 6.79. The van der Waals surface area contributed by atoms with Crippen LogP contribution in [0.15, 0.2) is 72.8 Å². The number of benzene rings is 3. The Bertz CT molecular complexity index is 1150. The van der Waals surface area contributed by atoms with Crippen molar-refractivity contribution in [3.63, 3.8) is 0 Å². The molecule has 4 aliphatic rings. The second-order valence-electron chi connectivity index (χ2n) is 8.32. The molecule has 0 aromatic heterocycles. The summed E-state index contributed by atoms with van der Waals surface area (Å²) in [6, 6.07) is 22.7. The Hall–Kier alpha value is -2.62. The van der Waals surface area contributed by atoms with Gasteiger partial charge in [-0.05, 0) is 46.9 Å². The van der Waals surface area contributed by atoms with Crippen molar-refractivity contribution in [2.24, 2.45) is 11.8 Å². The smallest absolute Gasteiger partial charge is 0.240 e.